The number of carbonyl (C=O) groups is 1. The number of hydrogen-bond donors (Lipinski definition) is 0. The molecule has 0 saturated heterocycles. The second-order valence-corrected chi connectivity index (χ2v) is 3.22. The highest BCUT2D eigenvalue weighted by atomic mass is 16.1. The second-order valence-electron chi connectivity index (χ2n) is 3.22. The molecule has 60 valence electrons. The van der Waals surface area contributed by atoms with Gasteiger partial charge in [-0.3, -0.25) is 4.79 Å². The molecule has 0 aliphatic heterocycles. The van der Waals surface area contributed by atoms with Gasteiger partial charge in [-0.1, -0.05) is 27.2 Å². The lowest BCUT2D eigenvalue weighted by atomic mass is 9.80. The van der Waals surface area contributed by atoms with Crippen molar-refractivity contribution in [1.82, 2.24) is 0 Å². The first kappa shape index (κ1) is 9.67. The number of Topliss-reactive ketones (excluding diaryl/α,β-unsaturated/α-hetero) is 1. The Morgan fingerprint density at radius 3 is 2.00 bits per heavy atom. The molecule has 0 unspecified atom stereocenters. The second kappa shape index (κ2) is 3.75. The molecular weight excluding hydrogens is 124 g/mol. The molecule has 0 aliphatic rings. The monoisotopic (exact) mass is 142 g/mol. The summed E-state index contributed by atoms with van der Waals surface area (Å²) in [5, 5.41) is 0. The van der Waals surface area contributed by atoms with Crippen molar-refractivity contribution in [2.45, 2.75) is 47.0 Å². The molecule has 0 rings (SSSR count). The van der Waals surface area contributed by atoms with Crippen LogP contribution in [0.2, 0.25) is 0 Å². The predicted octanol–water partition coefficient (Wildman–Crippen LogP) is 2.79. The van der Waals surface area contributed by atoms with Crippen molar-refractivity contribution in [3.63, 3.8) is 0 Å². The first-order valence-corrected chi connectivity index (χ1v) is 4.08. The number of ketones is 1. The Kier molecular flexibility index (Phi) is 3.62. The Labute approximate surface area is 63.8 Å². The summed E-state index contributed by atoms with van der Waals surface area (Å²) in [6.45, 7) is 7.95. The standard InChI is InChI=1S/C9H18O/c1-5-7-9(4,6-2)8(3)10/h5-7H2,1-4H3/t9-/m0/s1. The van der Waals surface area contributed by atoms with Crippen molar-refractivity contribution in [1.29, 1.82) is 0 Å². The highest BCUT2D eigenvalue weighted by Gasteiger charge is 2.25. The van der Waals surface area contributed by atoms with E-state index in [4.69, 9.17) is 0 Å². The van der Waals surface area contributed by atoms with Crippen molar-refractivity contribution >= 4 is 5.78 Å². The Morgan fingerprint density at radius 1 is 1.40 bits per heavy atom. The van der Waals surface area contributed by atoms with E-state index in [1.165, 1.54) is 0 Å². The highest BCUT2D eigenvalue weighted by molar-refractivity contribution is 5.81. The molecule has 10 heavy (non-hydrogen) atoms. The maximum absolute atomic E-state index is 11.1. The fourth-order valence-corrected chi connectivity index (χ4v) is 1.15. The van der Waals surface area contributed by atoms with Crippen LogP contribution >= 0.6 is 0 Å². The summed E-state index contributed by atoms with van der Waals surface area (Å²) in [5.74, 6) is 0.330. The predicted molar refractivity (Wildman–Crippen MR) is 44.0 cm³/mol. The molecule has 0 spiro atoms. The van der Waals surface area contributed by atoms with Crippen molar-refractivity contribution in [3.05, 3.63) is 0 Å². The third kappa shape index (κ3) is 2.13. The quantitative estimate of drug-likeness (QED) is 0.590. The van der Waals surface area contributed by atoms with Crippen LogP contribution in [0.15, 0.2) is 0 Å². The summed E-state index contributed by atoms with van der Waals surface area (Å²) in [5.41, 5.74) is -0.0469. The summed E-state index contributed by atoms with van der Waals surface area (Å²) in [6, 6.07) is 0. The molecule has 0 bridgehead atoms. The zero-order valence-electron chi connectivity index (χ0n) is 7.53. The van der Waals surface area contributed by atoms with Gasteiger partial charge in [-0.25, -0.2) is 0 Å². The van der Waals surface area contributed by atoms with Gasteiger partial charge in [0.15, 0.2) is 0 Å². The lowest BCUT2D eigenvalue weighted by Gasteiger charge is -2.23. The van der Waals surface area contributed by atoms with Crippen molar-refractivity contribution in [2.24, 2.45) is 5.41 Å². The minimum absolute atomic E-state index is 0.0469. The molecule has 0 aliphatic carbocycles. The maximum atomic E-state index is 11.1. The fourth-order valence-electron chi connectivity index (χ4n) is 1.15. The van der Waals surface area contributed by atoms with Crippen molar-refractivity contribution in [2.75, 3.05) is 0 Å². The molecule has 0 aromatic heterocycles. The number of hydrogen-bond acceptors (Lipinski definition) is 1. The number of rotatable bonds is 4. The molecule has 1 atom stereocenters. The number of carbonyl (C=O) groups excluding carboxylic acids is 1. The van der Waals surface area contributed by atoms with Crippen LogP contribution in [-0.2, 0) is 4.79 Å². The van der Waals surface area contributed by atoms with Gasteiger partial charge in [-0.2, -0.15) is 0 Å². The Balaban J connectivity index is 4.08. The lowest BCUT2D eigenvalue weighted by Crippen LogP contribution is -2.23. The molecular formula is C9H18O. The van der Waals surface area contributed by atoms with E-state index in [0.717, 1.165) is 19.3 Å². The molecule has 1 nitrogen and oxygen atoms in total. The topological polar surface area (TPSA) is 17.1 Å². The Morgan fingerprint density at radius 2 is 1.90 bits per heavy atom. The first-order valence-electron chi connectivity index (χ1n) is 4.08. The van der Waals surface area contributed by atoms with Crippen LogP contribution in [0.4, 0.5) is 0 Å². The van der Waals surface area contributed by atoms with Crippen LogP contribution in [0.1, 0.15) is 47.0 Å². The third-order valence-electron chi connectivity index (χ3n) is 2.43. The van der Waals surface area contributed by atoms with Gasteiger partial charge in [-0.05, 0) is 19.8 Å². The molecule has 0 fully saturated rings. The Bertz CT molecular complexity index is 118. The average Bonchev–Trinajstić information content (AvgIpc) is 1.88. The van der Waals surface area contributed by atoms with E-state index in [9.17, 15) is 4.79 Å². The van der Waals surface area contributed by atoms with Gasteiger partial charge >= 0.3 is 0 Å². The van der Waals surface area contributed by atoms with Crippen LogP contribution < -0.4 is 0 Å². The van der Waals surface area contributed by atoms with E-state index in [1.807, 2.05) is 0 Å². The summed E-state index contributed by atoms with van der Waals surface area (Å²) < 4.78 is 0. The van der Waals surface area contributed by atoms with Crippen molar-refractivity contribution in [3.8, 4) is 0 Å². The van der Waals surface area contributed by atoms with Gasteiger partial charge in [0.1, 0.15) is 5.78 Å². The minimum Gasteiger partial charge on any atom is -0.299 e. The first-order chi connectivity index (χ1) is 4.56. The smallest absolute Gasteiger partial charge is 0.135 e. The zero-order valence-corrected chi connectivity index (χ0v) is 7.53. The van der Waals surface area contributed by atoms with Crippen LogP contribution in [0, 0.1) is 5.41 Å². The molecule has 0 aromatic rings. The summed E-state index contributed by atoms with van der Waals surface area (Å²) in [4.78, 5) is 11.1. The van der Waals surface area contributed by atoms with E-state index >= 15 is 0 Å². The van der Waals surface area contributed by atoms with E-state index in [1.54, 1.807) is 6.92 Å². The minimum atomic E-state index is -0.0469. The summed E-state index contributed by atoms with van der Waals surface area (Å²) in [6.07, 6.45) is 3.10. The molecule has 0 saturated carbocycles. The van der Waals surface area contributed by atoms with E-state index < -0.39 is 0 Å². The average molecular weight is 142 g/mol. The summed E-state index contributed by atoms with van der Waals surface area (Å²) >= 11 is 0. The van der Waals surface area contributed by atoms with E-state index in [-0.39, 0.29) is 5.41 Å². The van der Waals surface area contributed by atoms with E-state index in [2.05, 4.69) is 20.8 Å². The van der Waals surface area contributed by atoms with Crippen LogP contribution in [0.25, 0.3) is 0 Å². The molecule has 0 heterocycles. The SMILES string of the molecule is CCC[C@](C)(CC)C(C)=O. The third-order valence-corrected chi connectivity index (χ3v) is 2.43. The largest absolute Gasteiger partial charge is 0.299 e. The van der Waals surface area contributed by atoms with Crippen molar-refractivity contribution < 1.29 is 4.79 Å². The van der Waals surface area contributed by atoms with Gasteiger partial charge in [0.25, 0.3) is 0 Å². The normalized spacial score (nSPS) is 16.4. The highest BCUT2D eigenvalue weighted by Crippen LogP contribution is 2.27. The van der Waals surface area contributed by atoms with Crippen LogP contribution in [0.5, 0.6) is 0 Å². The van der Waals surface area contributed by atoms with Gasteiger partial charge in [0.2, 0.25) is 0 Å². The molecule has 0 amide bonds. The van der Waals surface area contributed by atoms with Gasteiger partial charge in [0, 0.05) is 5.41 Å². The van der Waals surface area contributed by atoms with Gasteiger partial charge in [0.05, 0.1) is 0 Å². The molecule has 0 N–H and O–H groups in total. The van der Waals surface area contributed by atoms with Crippen LogP contribution in [0.3, 0.4) is 0 Å². The fraction of sp³-hybridized carbons (Fsp3) is 0.889. The van der Waals surface area contributed by atoms with Gasteiger partial charge < -0.3 is 0 Å². The molecule has 1 heteroatoms. The lowest BCUT2D eigenvalue weighted by molar-refractivity contribution is -0.126. The zero-order chi connectivity index (χ0) is 8.20. The van der Waals surface area contributed by atoms with Crippen LogP contribution in [-0.4, -0.2) is 5.78 Å². The maximum Gasteiger partial charge on any atom is 0.135 e. The molecule has 0 radical (unpaired) electrons. The van der Waals surface area contributed by atoms with E-state index in [0.29, 0.717) is 5.78 Å². The van der Waals surface area contributed by atoms with Gasteiger partial charge in [-0.15, -0.1) is 0 Å². The molecule has 0 aromatic carbocycles. The Hall–Kier alpha value is -0.330. The summed E-state index contributed by atoms with van der Waals surface area (Å²) in [7, 11) is 0.